The van der Waals surface area contributed by atoms with Crippen LogP contribution in [0.25, 0.3) is 22.4 Å². The van der Waals surface area contributed by atoms with Crippen molar-refractivity contribution in [3.8, 4) is 11.3 Å². The number of aromatic amines is 1. The normalized spacial score (nSPS) is 14.3. The fraction of sp³-hybridized carbons (Fsp3) is 0.375. The molecule has 3 aromatic heterocycles. The third kappa shape index (κ3) is 5.04. The summed E-state index contributed by atoms with van der Waals surface area (Å²) >= 11 is 0. The Hall–Kier alpha value is -3.47. The second-order valence-corrected chi connectivity index (χ2v) is 8.29. The van der Waals surface area contributed by atoms with Crippen molar-refractivity contribution in [2.24, 2.45) is 0 Å². The Labute approximate surface area is 197 Å². The Morgan fingerprint density at radius 2 is 1.97 bits per heavy atom. The van der Waals surface area contributed by atoms with Crippen LogP contribution in [0.4, 0.5) is 17.6 Å². The van der Waals surface area contributed by atoms with Gasteiger partial charge in [-0.3, -0.25) is 10.00 Å². The molecule has 0 unspecified atom stereocenters. The summed E-state index contributed by atoms with van der Waals surface area (Å²) in [5.74, 6) is 2.80. The van der Waals surface area contributed by atoms with E-state index in [0.717, 1.165) is 48.0 Å². The first-order valence-electron chi connectivity index (χ1n) is 11.4. The first-order chi connectivity index (χ1) is 16.7. The average molecular weight is 464 g/mol. The molecule has 0 saturated carbocycles. The first kappa shape index (κ1) is 22.3. The molecule has 5 rings (SSSR count). The molecule has 0 bridgehead atoms. The number of anilines is 3. The maximum atomic E-state index is 6.23. The zero-order chi connectivity index (χ0) is 23.3. The lowest BCUT2D eigenvalue weighted by molar-refractivity contribution is 0.122. The highest BCUT2D eigenvalue weighted by Crippen LogP contribution is 2.30. The number of rotatable bonds is 9. The summed E-state index contributed by atoms with van der Waals surface area (Å²) in [4.78, 5) is 13.9. The predicted molar refractivity (Wildman–Crippen MR) is 130 cm³/mol. The molecule has 0 amide bonds. The van der Waals surface area contributed by atoms with Crippen LogP contribution in [0.2, 0.25) is 0 Å². The van der Waals surface area contributed by atoms with Gasteiger partial charge in [0.1, 0.15) is 17.1 Å². The van der Waals surface area contributed by atoms with Crippen LogP contribution in [0.15, 0.2) is 46.9 Å². The Balaban J connectivity index is 1.44. The van der Waals surface area contributed by atoms with Crippen molar-refractivity contribution >= 4 is 28.7 Å². The number of nitrogens with one attached hydrogen (secondary N) is 2. The second-order valence-electron chi connectivity index (χ2n) is 8.29. The van der Waals surface area contributed by atoms with Gasteiger partial charge in [0.05, 0.1) is 32.1 Å². The van der Waals surface area contributed by atoms with Gasteiger partial charge in [0, 0.05) is 44.4 Å². The maximum Gasteiger partial charge on any atom is 0.231 e. The van der Waals surface area contributed by atoms with Crippen LogP contribution >= 0.6 is 0 Å². The molecule has 4 aromatic rings. The summed E-state index contributed by atoms with van der Waals surface area (Å²) in [6, 6.07) is 13.9. The smallest absolute Gasteiger partial charge is 0.231 e. The number of hydrogen-bond donors (Lipinski definition) is 2. The number of morpholine rings is 1. The van der Waals surface area contributed by atoms with Crippen molar-refractivity contribution in [3.05, 3.63) is 48.2 Å². The van der Waals surface area contributed by atoms with Gasteiger partial charge in [-0.1, -0.05) is 30.3 Å². The van der Waals surface area contributed by atoms with E-state index in [9.17, 15) is 0 Å². The van der Waals surface area contributed by atoms with Gasteiger partial charge < -0.3 is 24.1 Å². The van der Waals surface area contributed by atoms with Crippen molar-refractivity contribution < 1.29 is 13.9 Å². The van der Waals surface area contributed by atoms with E-state index in [4.69, 9.17) is 23.9 Å². The van der Waals surface area contributed by atoms with E-state index in [2.05, 4.69) is 25.3 Å². The quantitative estimate of drug-likeness (QED) is 0.387. The van der Waals surface area contributed by atoms with E-state index >= 15 is 0 Å². The Morgan fingerprint density at radius 3 is 2.76 bits per heavy atom. The highest BCUT2D eigenvalue weighted by Gasteiger charge is 2.21. The van der Waals surface area contributed by atoms with Crippen LogP contribution in [-0.4, -0.2) is 78.7 Å². The lowest BCUT2D eigenvalue weighted by Crippen LogP contribution is -2.37. The highest BCUT2D eigenvalue weighted by molar-refractivity contribution is 5.86. The zero-order valence-corrected chi connectivity index (χ0v) is 19.5. The molecular formula is C24H29N7O3. The summed E-state index contributed by atoms with van der Waals surface area (Å²) in [5, 5.41) is 10.7. The van der Waals surface area contributed by atoms with Crippen LogP contribution in [0.5, 0.6) is 0 Å². The van der Waals surface area contributed by atoms with Gasteiger partial charge >= 0.3 is 0 Å². The van der Waals surface area contributed by atoms with Gasteiger partial charge in [0.2, 0.25) is 5.95 Å². The first-order valence-corrected chi connectivity index (χ1v) is 11.4. The van der Waals surface area contributed by atoms with Crippen LogP contribution in [0.3, 0.4) is 0 Å². The van der Waals surface area contributed by atoms with E-state index in [1.54, 1.807) is 7.11 Å². The van der Waals surface area contributed by atoms with Crippen molar-refractivity contribution in [2.45, 2.75) is 6.54 Å². The number of aromatic nitrogens is 4. The summed E-state index contributed by atoms with van der Waals surface area (Å²) in [6.45, 7) is 4.94. The summed E-state index contributed by atoms with van der Waals surface area (Å²) in [6.07, 6.45) is 0. The number of hydrogen-bond acceptors (Lipinski definition) is 9. The number of H-pyrrole nitrogens is 1. The SMILES string of the molecule is COCCN(C)Cc1cc2nc(Nc3cc(-c4ccccc4)n[nH]3)nc(N3CCOCC3)c2o1. The van der Waals surface area contributed by atoms with Crippen molar-refractivity contribution in [3.63, 3.8) is 0 Å². The van der Waals surface area contributed by atoms with Crippen molar-refractivity contribution in [1.29, 1.82) is 0 Å². The molecular weight excluding hydrogens is 434 g/mol. The van der Waals surface area contributed by atoms with Gasteiger partial charge in [-0.05, 0) is 7.05 Å². The summed E-state index contributed by atoms with van der Waals surface area (Å²) < 4.78 is 16.9. The topological polar surface area (TPSA) is 105 Å². The fourth-order valence-corrected chi connectivity index (χ4v) is 3.94. The van der Waals surface area contributed by atoms with Gasteiger partial charge in [-0.2, -0.15) is 10.1 Å². The predicted octanol–water partition coefficient (Wildman–Crippen LogP) is 3.27. The molecule has 10 heteroatoms. The molecule has 0 radical (unpaired) electrons. The van der Waals surface area contributed by atoms with Crippen LogP contribution in [0, 0.1) is 0 Å². The van der Waals surface area contributed by atoms with Gasteiger partial charge in [0.25, 0.3) is 0 Å². The lowest BCUT2D eigenvalue weighted by Gasteiger charge is -2.27. The van der Waals surface area contributed by atoms with Crippen LogP contribution in [0.1, 0.15) is 5.76 Å². The maximum absolute atomic E-state index is 6.23. The van der Waals surface area contributed by atoms with E-state index in [1.807, 2.05) is 49.5 Å². The molecule has 1 fully saturated rings. The van der Waals surface area contributed by atoms with Gasteiger partial charge in [0.15, 0.2) is 11.4 Å². The van der Waals surface area contributed by atoms with E-state index in [0.29, 0.717) is 43.7 Å². The molecule has 1 aliphatic heterocycles. The Bertz CT molecular complexity index is 1220. The minimum Gasteiger partial charge on any atom is -0.454 e. The molecule has 0 atom stereocenters. The number of benzene rings is 1. The minimum atomic E-state index is 0.484. The molecule has 1 aromatic carbocycles. The third-order valence-corrected chi connectivity index (χ3v) is 5.71. The summed E-state index contributed by atoms with van der Waals surface area (Å²) in [5.41, 5.74) is 3.34. The number of likely N-dealkylation sites (N-methyl/N-ethyl adjacent to an activating group) is 1. The van der Waals surface area contributed by atoms with Crippen LogP contribution < -0.4 is 10.2 Å². The molecule has 1 saturated heterocycles. The molecule has 34 heavy (non-hydrogen) atoms. The Kier molecular flexibility index (Phi) is 6.70. The standard InChI is InChI=1S/C24H29N7O3/c1-30(8-11-32-2)16-18-14-20-22(34-18)23(31-9-12-33-13-10-31)27-24(25-20)26-21-15-19(28-29-21)17-6-4-3-5-7-17/h3-7,14-15H,8-13,16H2,1-2H3,(H2,25,26,27,28,29). The minimum absolute atomic E-state index is 0.484. The van der Waals surface area contributed by atoms with Gasteiger partial charge in [-0.15, -0.1) is 0 Å². The molecule has 0 spiro atoms. The number of methoxy groups -OCH3 is 1. The molecule has 10 nitrogen and oxygen atoms in total. The molecule has 2 N–H and O–H groups in total. The lowest BCUT2D eigenvalue weighted by atomic mass is 10.2. The highest BCUT2D eigenvalue weighted by atomic mass is 16.5. The second kappa shape index (κ2) is 10.2. The monoisotopic (exact) mass is 463 g/mol. The molecule has 0 aliphatic carbocycles. The Morgan fingerprint density at radius 1 is 1.15 bits per heavy atom. The molecule has 1 aliphatic rings. The average Bonchev–Trinajstić information content (AvgIpc) is 3.50. The fourth-order valence-electron chi connectivity index (χ4n) is 3.94. The van der Waals surface area contributed by atoms with Crippen molar-refractivity contribution in [2.75, 3.05) is 63.8 Å². The molecule has 4 heterocycles. The number of ether oxygens (including phenoxy) is 2. The zero-order valence-electron chi connectivity index (χ0n) is 19.5. The summed E-state index contributed by atoms with van der Waals surface area (Å²) in [7, 11) is 3.74. The molecule has 178 valence electrons. The van der Waals surface area contributed by atoms with E-state index < -0.39 is 0 Å². The number of fused-ring (bicyclic) bond motifs is 1. The number of furan rings is 1. The van der Waals surface area contributed by atoms with Crippen molar-refractivity contribution in [1.82, 2.24) is 25.1 Å². The number of nitrogens with zero attached hydrogens (tertiary/aromatic N) is 5. The van der Waals surface area contributed by atoms with E-state index in [-0.39, 0.29) is 0 Å². The van der Waals surface area contributed by atoms with Gasteiger partial charge in [-0.25, -0.2) is 4.98 Å². The third-order valence-electron chi connectivity index (χ3n) is 5.71. The van der Waals surface area contributed by atoms with Crippen LogP contribution in [-0.2, 0) is 16.0 Å². The largest absolute Gasteiger partial charge is 0.454 e. The van der Waals surface area contributed by atoms with E-state index in [1.165, 1.54) is 0 Å².